The first-order valence-corrected chi connectivity index (χ1v) is 12.9. The normalized spacial score (nSPS) is 41.3. The molecule has 5 atom stereocenters. The van der Waals surface area contributed by atoms with Crippen LogP contribution in [0.2, 0.25) is 0 Å². The van der Waals surface area contributed by atoms with Gasteiger partial charge in [-0.2, -0.15) is 0 Å². The second-order valence-corrected chi connectivity index (χ2v) is 11.7. The third kappa shape index (κ3) is 6.12. The summed E-state index contributed by atoms with van der Waals surface area (Å²) in [4.78, 5) is 0. The average Bonchev–Trinajstić information content (AvgIpc) is 2.65. The molecular formula is C28H52. The van der Waals surface area contributed by atoms with Crippen molar-refractivity contribution in [2.24, 2.45) is 40.4 Å². The fourth-order valence-corrected chi connectivity index (χ4v) is 6.46. The topological polar surface area (TPSA) is 0 Å². The first-order chi connectivity index (χ1) is 13.2. The lowest BCUT2D eigenvalue weighted by Gasteiger charge is -2.49. The minimum atomic E-state index is 0.323. The van der Waals surface area contributed by atoms with E-state index in [-0.39, 0.29) is 0 Å². The quantitative estimate of drug-likeness (QED) is 0.420. The second-order valence-electron chi connectivity index (χ2n) is 11.7. The largest absolute Gasteiger partial charge is 0.103 e. The van der Waals surface area contributed by atoms with Gasteiger partial charge in [0.05, 0.1) is 0 Å². The Morgan fingerprint density at radius 3 is 2.11 bits per heavy atom. The van der Waals surface area contributed by atoms with E-state index in [4.69, 9.17) is 0 Å². The number of hydrogen-bond donors (Lipinski definition) is 0. The van der Waals surface area contributed by atoms with Crippen molar-refractivity contribution in [2.45, 2.75) is 125 Å². The van der Waals surface area contributed by atoms with Crippen molar-refractivity contribution < 1.29 is 0 Å². The van der Waals surface area contributed by atoms with Crippen molar-refractivity contribution in [3.8, 4) is 0 Å². The van der Waals surface area contributed by atoms with Crippen molar-refractivity contribution in [1.29, 1.82) is 0 Å². The van der Waals surface area contributed by atoms with E-state index in [0.717, 1.165) is 29.6 Å². The van der Waals surface area contributed by atoms with Crippen molar-refractivity contribution in [2.75, 3.05) is 0 Å². The van der Waals surface area contributed by atoms with Crippen LogP contribution in [0, 0.1) is 40.4 Å². The standard InChI is InChI=1S/C28H52/c1-8-27(6,9-2)25-16-14-12-10-11-13-15-23(4)24(5)21-28(7,18-17-25)26-19-22(3)20-26/h8,22-26H,1,9-21H2,2-7H3. The Morgan fingerprint density at radius 1 is 0.929 bits per heavy atom. The van der Waals surface area contributed by atoms with Gasteiger partial charge in [-0.1, -0.05) is 86.1 Å². The molecule has 28 heavy (non-hydrogen) atoms. The molecule has 0 saturated heterocycles. The van der Waals surface area contributed by atoms with Gasteiger partial charge in [-0.25, -0.2) is 0 Å². The molecule has 2 saturated carbocycles. The van der Waals surface area contributed by atoms with Crippen LogP contribution in [0.15, 0.2) is 12.7 Å². The Kier molecular flexibility index (Phi) is 9.15. The van der Waals surface area contributed by atoms with Gasteiger partial charge in [0.25, 0.3) is 0 Å². The van der Waals surface area contributed by atoms with Crippen LogP contribution in [0.25, 0.3) is 0 Å². The monoisotopic (exact) mass is 388 g/mol. The molecule has 0 spiro atoms. The number of hydrogen-bond acceptors (Lipinski definition) is 0. The Labute approximate surface area is 178 Å². The van der Waals surface area contributed by atoms with E-state index in [1.54, 1.807) is 0 Å². The zero-order chi connectivity index (χ0) is 20.8. The second kappa shape index (κ2) is 10.7. The first-order valence-electron chi connectivity index (χ1n) is 12.9. The van der Waals surface area contributed by atoms with E-state index < -0.39 is 0 Å². The minimum absolute atomic E-state index is 0.323. The summed E-state index contributed by atoms with van der Waals surface area (Å²) in [5, 5.41) is 0. The highest BCUT2D eigenvalue weighted by Gasteiger charge is 2.43. The highest BCUT2D eigenvalue weighted by Crippen LogP contribution is 2.53. The molecule has 0 heterocycles. The van der Waals surface area contributed by atoms with Gasteiger partial charge in [0.2, 0.25) is 0 Å². The molecule has 0 nitrogen and oxygen atoms in total. The Hall–Kier alpha value is -0.260. The zero-order valence-corrected chi connectivity index (χ0v) is 20.4. The summed E-state index contributed by atoms with van der Waals surface area (Å²) in [6.45, 7) is 19.4. The molecule has 164 valence electrons. The Balaban J connectivity index is 2.18. The predicted molar refractivity (Wildman–Crippen MR) is 127 cm³/mol. The third-order valence-corrected chi connectivity index (χ3v) is 9.56. The van der Waals surface area contributed by atoms with Gasteiger partial charge in [-0.3, -0.25) is 0 Å². The van der Waals surface area contributed by atoms with Crippen molar-refractivity contribution >= 4 is 0 Å². The molecular weight excluding hydrogens is 336 g/mol. The van der Waals surface area contributed by atoms with Crippen molar-refractivity contribution in [3.05, 3.63) is 12.7 Å². The van der Waals surface area contributed by atoms with Crippen LogP contribution in [0.5, 0.6) is 0 Å². The lowest BCUT2D eigenvalue weighted by atomic mass is 9.56. The highest BCUT2D eigenvalue weighted by atomic mass is 14.5. The minimum Gasteiger partial charge on any atom is -0.103 e. The van der Waals surface area contributed by atoms with Crippen LogP contribution in [0.1, 0.15) is 125 Å². The van der Waals surface area contributed by atoms with E-state index in [1.165, 1.54) is 83.5 Å². The molecule has 2 aliphatic carbocycles. The van der Waals surface area contributed by atoms with Gasteiger partial charge in [-0.05, 0) is 85.4 Å². The molecule has 0 aromatic carbocycles. The van der Waals surface area contributed by atoms with Crippen molar-refractivity contribution in [3.63, 3.8) is 0 Å². The molecule has 5 unspecified atom stereocenters. The maximum Gasteiger partial charge on any atom is -0.0124 e. The van der Waals surface area contributed by atoms with E-state index >= 15 is 0 Å². The molecule has 0 bridgehead atoms. The Morgan fingerprint density at radius 2 is 1.54 bits per heavy atom. The van der Waals surface area contributed by atoms with Gasteiger partial charge < -0.3 is 0 Å². The summed E-state index contributed by atoms with van der Waals surface area (Å²) in [6, 6.07) is 0. The SMILES string of the molecule is C=CC(C)(CC)C1CCCCCCCC(C)C(C)CC(C)(C2CC(C)C2)CC1. The summed E-state index contributed by atoms with van der Waals surface area (Å²) in [7, 11) is 0. The summed E-state index contributed by atoms with van der Waals surface area (Å²) < 4.78 is 0. The third-order valence-electron chi connectivity index (χ3n) is 9.56. The maximum absolute atomic E-state index is 4.27. The van der Waals surface area contributed by atoms with Crippen LogP contribution in [0.3, 0.4) is 0 Å². The van der Waals surface area contributed by atoms with Gasteiger partial charge in [0, 0.05) is 0 Å². The summed E-state index contributed by atoms with van der Waals surface area (Å²) in [5.41, 5.74) is 0.877. The molecule has 2 rings (SSSR count). The van der Waals surface area contributed by atoms with E-state index in [1.807, 2.05) is 0 Å². The maximum atomic E-state index is 4.27. The number of rotatable bonds is 4. The molecule has 0 aromatic rings. The lowest BCUT2D eigenvalue weighted by Crippen LogP contribution is -2.39. The van der Waals surface area contributed by atoms with Crippen LogP contribution in [-0.4, -0.2) is 0 Å². The summed E-state index contributed by atoms with van der Waals surface area (Å²) >= 11 is 0. The predicted octanol–water partition coefficient (Wildman–Crippen LogP) is 9.44. The van der Waals surface area contributed by atoms with Crippen LogP contribution >= 0.6 is 0 Å². The molecule has 0 heteroatoms. The van der Waals surface area contributed by atoms with Gasteiger partial charge in [0.15, 0.2) is 0 Å². The van der Waals surface area contributed by atoms with Gasteiger partial charge in [-0.15, -0.1) is 6.58 Å². The lowest BCUT2D eigenvalue weighted by molar-refractivity contribution is 0.0120. The first kappa shape index (κ1) is 24.0. The molecule has 2 aliphatic rings. The molecule has 0 aliphatic heterocycles. The fourth-order valence-electron chi connectivity index (χ4n) is 6.46. The molecule has 0 amide bonds. The molecule has 0 N–H and O–H groups in total. The van der Waals surface area contributed by atoms with Gasteiger partial charge >= 0.3 is 0 Å². The smallest absolute Gasteiger partial charge is 0.0124 e. The fraction of sp³-hybridized carbons (Fsp3) is 0.929. The van der Waals surface area contributed by atoms with E-state index in [0.29, 0.717) is 10.8 Å². The highest BCUT2D eigenvalue weighted by molar-refractivity contribution is 4.98. The molecule has 0 radical (unpaired) electrons. The molecule has 0 aromatic heterocycles. The average molecular weight is 389 g/mol. The van der Waals surface area contributed by atoms with Crippen molar-refractivity contribution in [1.82, 2.24) is 0 Å². The number of allylic oxidation sites excluding steroid dienone is 1. The van der Waals surface area contributed by atoms with Crippen LogP contribution < -0.4 is 0 Å². The summed E-state index contributed by atoms with van der Waals surface area (Å²) in [6.07, 6.45) is 20.9. The van der Waals surface area contributed by atoms with E-state index in [9.17, 15) is 0 Å². The Bertz CT molecular complexity index is 459. The van der Waals surface area contributed by atoms with Crippen LogP contribution in [0.4, 0.5) is 0 Å². The molecule has 2 fully saturated rings. The van der Waals surface area contributed by atoms with Gasteiger partial charge in [0.1, 0.15) is 0 Å². The van der Waals surface area contributed by atoms with Crippen LogP contribution in [-0.2, 0) is 0 Å². The summed E-state index contributed by atoms with van der Waals surface area (Å²) in [5.74, 6) is 4.53. The zero-order valence-electron chi connectivity index (χ0n) is 20.4. The van der Waals surface area contributed by atoms with E-state index in [2.05, 4.69) is 54.2 Å².